The molecule has 0 aliphatic carbocycles. The van der Waals surface area contributed by atoms with Crippen molar-refractivity contribution in [2.45, 2.75) is 13.1 Å². The minimum Gasteiger partial charge on any atom is -0.475 e. The molecule has 1 heterocycles. The first-order chi connectivity index (χ1) is 7.14. The molecule has 5 nitrogen and oxygen atoms in total. The fourth-order valence-electron chi connectivity index (χ4n) is 0.567. The molecule has 1 aromatic heterocycles. The predicted molar refractivity (Wildman–Crippen MR) is 45.7 cm³/mol. The number of amides is 1. The van der Waals surface area contributed by atoms with Crippen molar-refractivity contribution in [3.8, 4) is 0 Å². The molecule has 8 heteroatoms. The first-order valence-electron chi connectivity index (χ1n) is 3.81. The van der Waals surface area contributed by atoms with Gasteiger partial charge in [0.2, 0.25) is 0 Å². The summed E-state index contributed by atoms with van der Waals surface area (Å²) in [7, 11) is 0. The summed E-state index contributed by atoms with van der Waals surface area (Å²) in [6.45, 7) is 1.76. The van der Waals surface area contributed by atoms with E-state index in [1.165, 1.54) is 0 Å². The number of hydrogen-bond acceptors (Lipinski definition) is 3. The van der Waals surface area contributed by atoms with E-state index in [2.05, 4.69) is 0 Å². The smallest absolute Gasteiger partial charge is 0.475 e. The number of rotatable bonds is 1. The predicted octanol–water partition coefficient (Wildman–Crippen LogP) is 1.32. The number of furan rings is 1. The van der Waals surface area contributed by atoms with E-state index in [1.807, 2.05) is 0 Å². The van der Waals surface area contributed by atoms with Crippen molar-refractivity contribution >= 4 is 11.9 Å². The van der Waals surface area contributed by atoms with E-state index in [1.54, 1.807) is 19.1 Å². The summed E-state index contributed by atoms with van der Waals surface area (Å²) in [6, 6.07) is 3.25. The lowest BCUT2D eigenvalue weighted by molar-refractivity contribution is -0.192. The van der Waals surface area contributed by atoms with Crippen LogP contribution in [-0.4, -0.2) is 23.2 Å². The lowest BCUT2D eigenvalue weighted by Gasteiger charge is -1.93. The van der Waals surface area contributed by atoms with Crippen LogP contribution in [0.5, 0.6) is 0 Å². The molecule has 0 atom stereocenters. The number of primary amides is 1. The molecule has 0 saturated heterocycles. The Bertz CT molecular complexity index is 383. The molecule has 0 spiro atoms. The van der Waals surface area contributed by atoms with Crippen molar-refractivity contribution in [3.63, 3.8) is 0 Å². The van der Waals surface area contributed by atoms with Crippen LogP contribution >= 0.6 is 0 Å². The van der Waals surface area contributed by atoms with Gasteiger partial charge in [0, 0.05) is 0 Å². The van der Waals surface area contributed by atoms with Crippen LogP contribution in [0.15, 0.2) is 16.5 Å². The standard InChI is InChI=1S/C6H7NO2.C2HF3O2/c1-4-2-3-5(9-4)6(7)8;3-2(4,5)1(6)7/h2-3H,1H3,(H2,7,8);(H,6,7). The van der Waals surface area contributed by atoms with Gasteiger partial charge in [-0.25, -0.2) is 4.79 Å². The Balaban J connectivity index is 0.000000293. The highest BCUT2D eigenvalue weighted by molar-refractivity contribution is 5.89. The summed E-state index contributed by atoms with van der Waals surface area (Å²) in [6.07, 6.45) is -5.08. The molecular weight excluding hydrogens is 231 g/mol. The van der Waals surface area contributed by atoms with Crippen molar-refractivity contribution in [3.05, 3.63) is 23.7 Å². The molecule has 0 aliphatic heterocycles. The molecule has 0 aromatic carbocycles. The zero-order chi connectivity index (χ0) is 12.9. The van der Waals surface area contributed by atoms with E-state index in [0.717, 1.165) is 0 Å². The van der Waals surface area contributed by atoms with Gasteiger partial charge in [0.15, 0.2) is 5.76 Å². The van der Waals surface area contributed by atoms with Gasteiger partial charge < -0.3 is 15.3 Å². The maximum absolute atomic E-state index is 10.6. The molecule has 90 valence electrons. The summed E-state index contributed by atoms with van der Waals surface area (Å²) in [5.74, 6) is -2.37. The topological polar surface area (TPSA) is 93.5 Å². The van der Waals surface area contributed by atoms with Crippen molar-refractivity contribution in [2.24, 2.45) is 5.73 Å². The number of carbonyl (C=O) groups is 2. The lowest BCUT2D eigenvalue weighted by Crippen LogP contribution is -2.21. The van der Waals surface area contributed by atoms with Gasteiger partial charge in [-0.15, -0.1) is 0 Å². The average molecular weight is 239 g/mol. The monoisotopic (exact) mass is 239 g/mol. The Hall–Kier alpha value is -1.99. The van der Waals surface area contributed by atoms with E-state index in [-0.39, 0.29) is 5.76 Å². The minimum absolute atomic E-state index is 0.215. The molecule has 0 aliphatic rings. The maximum atomic E-state index is 10.6. The number of carbonyl (C=O) groups excluding carboxylic acids is 1. The third-order valence-electron chi connectivity index (χ3n) is 1.23. The molecule has 1 rings (SSSR count). The van der Waals surface area contributed by atoms with Crippen molar-refractivity contribution < 1.29 is 32.3 Å². The first kappa shape index (κ1) is 14.0. The minimum atomic E-state index is -5.08. The second-order valence-electron chi connectivity index (χ2n) is 2.58. The van der Waals surface area contributed by atoms with Crippen molar-refractivity contribution in [1.29, 1.82) is 0 Å². The highest BCUT2D eigenvalue weighted by Crippen LogP contribution is 2.13. The zero-order valence-corrected chi connectivity index (χ0v) is 8.04. The van der Waals surface area contributed by atoms with Crippen molar-refractivity contribution in [1.82, 2.24) is 0 Å². The highest BCUT2D eigenvalue weighted by Gasteiger charge is 2.38. The van der Waals surface area contributed by atoms with Gasteiger partial charge in [-0.1, -0.05) is 0 Å². The van der Waals surface area contributed by atoms with Gasteiger partial charge >= 0.3 is 12.1 Å². The second kappa shape index (κ2) is 5.19. The Morgan fingerprint density at radius 1 is 1.38 bits per heavy atom. The zero-order valence-electron chi connectivity index (χ0n) is 8.04. The summed E-state index contributed by atoms with van der Waals surface area (Å²) >= 11 is 0. The first-order valence-corrected chi connectivity index (χ1v) is 3.81. The average Bonchev–Trinajstić information content (AvgIpc) is 2.51. The van der Waals surface area contributed by atoms with Crippen LogP contribution in [0.4, 0.5) is 13.2 Å². The number of aliphatic carboxylic acids is 1. The molecule has 0 unspecified atom stereocenters. The third-order valence-corrected chi connectivity index (χ3v) is 1.23. The Labute approximate surface area is 87.6 Å². The van der Waals surface area contributed by atoms with Crippen molar-refractivity contribution in [2.75, 3.05) is 0 Å². The summed E-state index contributed by atoms with van der Waals surface area (Å²) in [5, 5.41) is 7.12. The SMILES string of the molecule is Cc1ccc(C(N)=O)o1.O=C(O)C(F)(F)F. The molecule has 0 fully saturated rings. The molecule has 3 N–H and O–H groups in total. The van der Waals surface area contributed by atoms with Crippen LogP contribution in [0, 0.1) is 6.92 Å². The molecule has 0 radical (unpaired) electrons. The van der Waals surface area contributed by atoms with E-state index in [0.29, 0.717) is 5.76 Å². The lowest BCUT2D eigenvalue weighted by atomic mass is 10.4. The Morgan fingerprint density at radius 3 is 1.94 bits per heavy atom. The van der Waals surface area contributed by atoms with Gasteiger partial charge in [-0.05, 0) is 19.1 Å². The van der Waals surface area contributed by atoms with Crippen LogP contribution < -0.4 is 5.73 Å². The van der Waals surface area contributed by atoms with Crippen LogP contribution in [0.3, 0.4) is 0 Å². The molecule has 0 saturated carbocycles. The maximum Gasteiger partial charge on any atom is 0.490 e. The van der Waals surface area contributed by atoms with Crippen LogP contribution in [0.2, 0.25) is 0 Å². The van der Waals surface area contributed by atoms with Crippen LogP contribution in [0.25, 0.3) is 0 Å². The summed E-state index contributed by atoms with van der Waals surface area (Å²) < 4.78 is 36.6. The Morgan fingerprint density at radius 2 is 1.81 bits per heavy atom. The number of carboxylic acid groups (broad SMARTS) is 1. The van der Waals surface area contributed by atoms with Crippen LogP contribution in [-0.2, 0) is 4.79 Å². The molecule has 16 heavy (non-hydrogen) atoms. The Kier molecular flexibility index (Phi) is 4.55. The number of alkyl halides is 3. The molecular formula is C8H8F3NO4. The fourth-order valence-corrected chi connectivity index (χ4v) is 0.567. The third kappa shape index (κ3) is 5.03. The second-order valence-corrected chi connectivity index (χ2v) is 2.58. The van der Waals surface area contributed by atoms with E-state index in [9.17, 15) is 18.0 Å². The largest absolute Gasteiger partial charge is 0.490 e. The molecule has 0 bridgehead atoms. The number of hydrogen-bond donors (Lipinski definition) is 2. The number of halogens is 3. The quantitative estimate of drug-likeness (QED) is 0.772. The molecule has 1 amide bonds. The van der Waals surface area contributed by atoms with Gasteiger partial charge in [-0.3, -0.25) is 4.79 Å². The fraction of sp³-hybridized carbons (Fsp3) is 0.250. The van der Waals surface area contributed by atoms with Gasteiger partial charge in [0.25, 0.3) is 5.91 Å². The van der Waals surface area contributed by atoms with E-state index in [4.69, 9.17) is 20.1 Å². The summed E-state index contributed by atoms with van der Waals surface area (Å²) in [5.41, 5.74) is 4.89. The number of nitrogens with two attached hydrogens (primary N) is 1. The number of aryl methyl sites for hydroxylation is 1. The normalized spacial score (nSPS) is 10.2. The highest BCUT2D eigenvalue weighted by atomic mass is 19.4. The van der Waals surface area contributed by atoms with E-state index < -0.39 is 18.1 Å². The molecule has 1 aromatic rings. The van der Waals surface area contributed by atoms with E-state index >= 15 is 0 Å². The van der Waals surface area contributed by atoms with Gasteiger partial charge in [-0.2, -0.15) is 13.2 Å². The van der Waals surface area contributed by atoms with Gasteiger partial charge in [0.1, 0.15) is 5.76 Å². The van der Waals surface area contributed by atoms with Crippen LogP contribution in [0.1, 0.15) is 16.3 Å². The summed E-state index contributed by atoms with van der Waals surface area (Å²) in [4.78, 5) is 19.2. The van der Waals surface area contributed by atoms with Gasteiger partial charge in [0.05, 0.1) is 0 Å². The number of carboxylic acids is 1.